The Balaban J connectivity index is 1.41. The molecule has 1 aliphatic heterocycles. The summed E-state index contributed by atoms with van der Waals surface area (Å²) in [5.74, 6) is 2.78. The second-order valence-electron chi connectivity index (χ2n) is 12.9. The molecule has 0 radical (unpaired) electrons. The lowest BCUT2D eigenvalue weighted by molar-refractivity contribution is 0.176. The smallest absolute Gasteiger partial charge is 0.154 e. The summed E-state index contributed by atoms with van der Waals surface area (Å²) >= 11 is 0. The molecule has 6 nitrogen and oxygen atoms in total. The van der Waals surface area contributed by atoms with Crippen molar-refractivity contribution in [1.82, 2.24) is 15.0 Å². The molecule has 0 bridgehead atoms. The molecule has 218 valence electrons. The van der Waals surface area contributed by atoms with E-state index in [1.807, 2.05) is 13.1 Å². The molecule has 3 heterocycles. The van der Waals surface area contributed by atoms with Crippen LogP contribution in [0.5, 0.6) is 5.75 Å². The molecular formula is C35H46N4O2. The first-order chi connectivity index (χ1) is 19.7. The number of rotatable bonds is 7. The Morgan fingerprint density at radius 2 is 2.00 bits per heavy atom. The van der Waals surface area contributed by atoms with Gasteiger partial charge in [-0.15, -0.1) is 0 Å². The van der Waals surface area contributed by atoms with Crippen LogP contribution in [0.2, 0.25) is 0 Å². The molecule has 6 heteroatoms. The first kappa shape index (κ1) is 29.4. The highest BCUT2D eigenvalue weighted by Crippen LogP contribution is 2.38. The minimum Gasteiger partial charge on any atom is -0.493 e. The van der Waals surface area contributed by atoms with E-state index in [1.54, 1.807) is 7.11 Å². The number of aliphatic imine (C=N–C) groups is 1. The van der Waals surface area contributed by atoms with Gasteiger partial charge in [0.05, 0.1) is 18.0 Å². The highest BCUT2D eigenvalue weighted by molar-refractivity contribution is 5.85. The largest absolute Gasteiger partial charge is 0.493 e. The number of nitrogens with zero attached hydrogens (tertiary/aromatic N) is 4. The minimum atomic E-state index is 0.282. The van der Waals surface area contributed by atoms with E-state index < -0.39 is 0 Å². The van der Waals surface area contributed by atoms with Crippen LogP contribution in [0.1, 0.15) is 87.9 Å². The van der Waals surface area contributed by atoms with E-state index in [4.69, 9.17) is 24.4 Å². The molecule has 3 aromatic rings. The van der Waals surface area contributed by atoms with Crippen LogP contribution in [0.3, 0.4) is 0 Å². The van der Waals surface area contributed by atoms with E-state index in [0.717, 1.165) is 84.7 Å². The van der Waals surface area contributed by atoms with Gasteiger partial charge in [0, 0.05) is 36.0 Å². The fourth-order valence-electron chi connectivity index (χ4n) is 6.24. The lowest BCUT2D eigenvalue weighted by Crippen LogP contribution is -2.28. The van der Waals surface area contributed by atoms with Crippen molar-refractivity contribution in [2.75, 3.05) is 13.7 Å². The van der Waals surface area contributed by atoms with Crippen molar-refractivity contribution in [3.8, 4) is 16.9 Å². The van der Waals surface area contributed by atoms with Crippen molar-refractivity contribution in [2.45, 2.75) is 93.1 Å². The van der Waals surface area contributed by atoms with Crippen molar-refractivity contribution in [2.24, 2.45) is 22.2 Å². The third kappa shape index (κ3) is 6.86. The zero-order valence-electron chi connectivity index (χ0n) is 26.0. The zero-order chi connectivity index (χ0) is 29.1. The average Bonchev–Trinajstić information content (AvgIpc) is 2.93. The van der Waals surface area contributed by atoms with E-state index in [1.165, 1.54) is 22.5 Å². The summed E-state index contributed by atoms with van der Waals surface area (Å²) in [6, 6.07) is 8.75. The first-order valence-corrected chi connectivity index (χ1v) is 15.3. The quantitative estimate of drug-likeness (QED) is 0.278. The van der Waals surface area contributed by atoms with Crippen molar-refractivity contribution in [3.05, 3.63) is 64.5 Å². The van der Waals surface area contributed by atoms with E-state index >= 15 is 0 Å². The number of ether oxygens (including phenoxy) is 2. The van der Waals surface area contributed by atoms with E-state index in [9.17, 15) is 0 Å². The van der Waals surface area contributed by atoms with Crippen LogP contribution in [0.25, 0.3) is 11.1 Å². The van der Waals surface area contributed by atoms with Gasteiger partial charge in [0.1, 0.15) is 12.4 Å². The highest BCUT2D eigenvalue weighted by atomic mass is 16.5. The fraction of sp³-hybridized carbons (Fsp3) is 0.543. The Hall–Kier alpha value is -3.12. The van der Waals surface area contributed by atoms with Gasteiger partial charge in [-0.25, -0.2) is 9.97 Å². The summed E-state index contributed by atoms with van der Waals surface area (Å²) in [6.07, 6.45) is 9.07. The Morgan fingerprint density at radius 1 is 1.17 bits per heavy atom. The second-order valence-corrected chi connectivity index (χ2v) is 12.9. The van der Waals surface area contributed by atoms with Crippen LogP contribution in [0.15, 0.2) is 35.5 Å². The number of hydrogen-bond acceptors (Lipinski definition) is 6. The Morgan fingerprint density at radius 3 is 2.78 bits per heavy atom. The number of benzene rings is 1. The van der Waals surface area contributed by atoms with Crippen LogP contribution in [-0.4, -0.2) is 34.4 Å². The zero-order valence-corrected chi connectivity index (χ0v) is 26.0. The Kier molecular flexibility index (Phi) is 8.88. The third-order valence-electron chi connectivity index (χ3n) is 9.02. The molecule has 2 unspecified atom stereocenters. The molecular weight excluding hydrogens is 508 g/mol. The van der Waals surface area contributed by atoms with Crippen LogP contribution in [0.4, 0.5) is 5.69 Å². The molecule has 0 spiro atoms. The number of fused-ring (bicyclic) bond motifs is 2. The van der Waals surface area contributed by atoms with Crippen molar-refractivity contribution < 1.29 is 9.47 Å². The van der Waals surface area contributed by atoms with Crippen LogP contribution in [-0.2, 0) is 37.0 Å². The molecule has 0 saturated heterocycles. The second kappa shape index (κ2) is 12.4. The predicted octanol–water partition coefficient (Wildman–Crippen LogP) is 7.83. The fourth-order valence-corrected chi connectivity index (χ4v) is 6.24. The summed E-state index contributed by atoms with van der Waals surface area (Å²) in [6.45, 7) is 14.5. The van der Waals surface area contributed by atoms with Crippen molar-refractivity contribution in [1.29, 1.82) is 0 Å². The van der Waals surface area contributed by atoms with E-state index in [2.05, 4.69) is 63.9 Å². The molecule has 5 rings (SSSR count). The number of methoxy groups -OCH3 is 1. The van der Waals surface area contributed by atoms with Crippen LogP contribution < -0.4 is 4.74 Å². The molecule has 0 amide bonds. The molecule has 41 heavy (non-hydrogen) atoms. The molecule has 1 aliphatic carbocycles. The number of aromatic nitrogens is 3. The number of aryl methyl sites for hydroxylation is 2. The van der Waals surface area contributed by atoms with Gasteiger partial charge in [0.15, 0.2) is 5.82 Å². The van der Waals surface area contributed by atoms with Crippen LogP contribution in [0, 0.1) is 24.2 Å². The first-order valence-electron chi connectivity index (χ1n) is 15.3. The van der Waals surface area contributed by atoms with Gasteiger partial charge in [-0.3, -0.25) is 9.98 Å². The average molecular weight is 555 g/mol. The van der Waals surface area contributed by atoms with Gasteiger partial charge in [0.25, 0.3) is 0 Å². The Bertz CT molecular complexity index is 1430. The maximum absolute atomic E-state index is 6.36. The summed E-state index contributed by atoms with van der Waals surface area (Å²) in [5.41, 5.74) is 10.6. The number of hydrogen-bond donors (Lipinski definition) is 0. The van der Waals surface area contributed by atoms with E-state index in [0.29, 0.717) is 25.0 Å². The van der Waals surface area contributed by atoms with Gasteiger partial charge in [-0.2, -0.15) is 0 Å². The Labute approximate surface area is 246 Å². The summed E-state index contributed by atoms with van der Waals surface area (Å²) in [7, 11) is 1.72. The molecule has 2 aliphatic rings. The van der Waals surface area contributed by atoms with Crippen LogP contribution >= 0.6 is 0 Å². The maximum Gasteiger partial charge on any atom is 0.154 e. The minimum absolute atomic E-state index is 0.282. The lowest BCUT2D eigenvalue weighted by atomic mass is 9.74. The molecule has 0 saturated carbocycles. The highest BCUT2D eigenvalue weighted by Gasteiger charge is 2.31. The summed E-state index contributed by atoms with van der Waals surface area (Å²) < 4.78 is 11.8. The summed E-state index contributed by atoms with van der Waals surface area (Å²) in [5, 5.41) is 0. The molecule has 2 aromatic heterocycles. The van der Waals surface area contributed by atoms with Gasteiger partial charge >= 0.3 is 0 Å². The monoisotopic (exact) mass is 554 g/mol. The van der Waals surface area contributed by atoms with Crippen molar-refractivity contribution in [3.63, 3.8) is 0 Å². The maximum atomic E-state index is 6.36. The van der Waals surface area contributed by atoms with Gasteiger partial charge in [0.2, 0.25) is 0 Å². The molecule has 0 fully saturated rings. The lowest BCUT2D eigenvalue weighted by Gasteiger charge is -2.33. The molecule has 1 aromatic carbocycles. The van der Waals surface area contributed by atoms with Crippen molar-refractivity contribution >= 4 is 11.4 Å². The predicted molar refractivity (Wildman–Crippen MR) is 166 cm³/mol. The third-order valence-corrected chi connectivity index (χ3v) is 9.02. The molecule has 0 N–H and O–H groups in total. The summed E-state index contributed by atoms with van der Waals surface area (Å²) in [4.78, 5) is 19.4. The normalized spacial score (nSPS) is 20.4. The molecule has 2 atom stereocenters. The number of pyridine rings is 1. The SMILES string of the molecule is CCC(C)=Nc1cc(-c2ccc3c(c2)CC(C)C(Cc2nc(COC)nc4c2CC(C)(C)CC4)CCO3)cnc1C. The topological polar surface area (TPSA) is 69.5 Å². The van der Waals surface area contributed by atoms with Gasteiger partial charge in [-0.05, 0) is 111 Å². The standard InChI is InChI=1S/C35H46N4O2/c1-8-23(3)37-31-18-28(20-36-24(31)4)26-9-10-33-27(16-26)15-22(2)25(12-14-41-33)17-32-29-19-35(5,6)13-11-30(29)38-34(39-32)21-40-7/h9-10,16,18,20,22,25H,8,11-15,17,19,21H2,1-7H3. The van der Waals surface area contributed by atoms with E-state index in [-0.39, 0.29) is 5.41 Å². The van der Waals surface area contributed by atoms with Gasteiger partial charge in [-0.1, -0.05) is 33.8 Å². The van der Waals surface area contributed by atoms with Gasteiger partial charge < -0.3 is 9.47 Å².